The van der Waals surface area contributed by atoms with Crippen LogP contribution in [0.3, 0.4) is 0 Å². The summed E-state index contributed by atoms with van der Waals surface area (Å²) < 4.78 is 5.48. The van der Waals surface area contributed by atoms with Crippen LogP contribution >= 0.6 is 0 Å². The van der Waals surface area contributed by atoms with Gasteiger partial charge in [0, 0.05) is 24.6 Å². The van der Waals surface area contributed by atoms with E-state index in [9.17, 15) is 9.59 Å². The van der Waals surface area contributed by atoms with Crippen molar-refractivity contribution in [2.45, 2.75) is 63.3 Å². The molecule has 1 saturated heterocycles. The summed E-state index contributed by atoms with van der Waals surface area (Å²) in [7, 11) is 0. The smallest absolute Gasteiger partial charge is 0.247 e. The van der Waals surface area contributed by atoms with Crippen molar-refractivity contribution in [1.82, 2.24) is 10.2 Å². The maximum absolute atomic E-state index is 13.4. The Labute approximate surface area is 193 Å². The maximum atomic E-state index is 13.4. The molecule has 0 radical (unpaired) electrons. The number of hydrogen-bond donors (Lipinski definition) is 3. The van der Waals surface area contributed by atoms with E-state index in [4.69, 9.17) is 4.74 Å². The lowest BCUT2D eigenvalue weighted by Crippen LogP contribution is -2.42. The second kappa shape index (κ2) is 9.09. The Bertz CT molecular complexity index is 1030. The van der Waals surface area contributed by atoms with Crippen LogP contribution in [-0.4, -0.2) is 41.3 Å². The Kier molecular flexibility index (Phi) is 6.01. The van der Waals surface area contributed by atoms with Gasteiger partial charge in [-0.15, -0.1) is 5.10 Å². The minimum absolute atomic E-state index is 0.0315. The summed E-state index contributed by atoms with van der Waals surface area (Å²) in [6, 6.07) is 9.11. The van der Waals surface area contributed by atoms with Crippen LogP contribution in [0.4, 0.5) is 17.2 Å². The number of hydrogen-bond acceptors (Lipinski definition) is 6. The van der Waals surface area contributed by atoms with Crippen molar-refractivity contribution < 1.29 is 14.3 Å². The SMILES string of the molecule is Cc1ccc(NC(C(=O)Nc2ccc3c(c2)NC(=O)C32CCOCC2)C2CCCCC2)nn1. The first-order valence-corrected chi connectivity index (χ1v) is 12.0. The number of carbonyl (C=O) groups is 2. The standard InChI is InChI=1S/C25H31N5O3/c1-16-7-10-21(30-29-16)28-22(17-5-3-2-4-6-17)23(31)26-18-8-9-19-20(15-18)27-24(32)25(19)11-13-33-14-12-25/h7-10,15,17,22H,2-6,11-14H2,1H3,(H,26,31)(H,27,32)(H,28,30). The minimum atomic E-state index is -0.508. The van der Waals surface area contributed by atoms with E-state index < -0.39 is 11.5 Å². The highest BCUT2D eigenvalue weighted by atomic mass is 16.5. The number of amides is 2. The normalized spacial score (nSPS) is 20.7. The highest BCUT2D eigenvalue weighted by Gasteiger charge is 2.47. The lowest BCUT2D eigenvalue weighted by Gasteiger charge is -2.31. The molecule has 0 bridgehead atoms. The van der Waals surface area contributed by atoms with E-state index in [2.05, 4.69) is 26.1 Å². The molecule has 1 aromatic carbocycles. The molecule has 2 aromatic rings. The molecule has 2 fully saturated rings. The van der Waals surface area contributed by atoms with Crippen LogP contribution in [0.1, 0.15) is 56.2 Å². The molecule has 1 aliphatic carbocycles. The summed E-state index contributed by atoms with van der Waals surface area (Å²) in [5, 5.41) is 17.8. The van der Waals surface area contributed by atoms with Crippen LogP contribution < -0.4 is 16.0 Å². The Morgan fingerprint density at radius 3 is 2.64 bits per heavy atom. The van der Waals surface area contributed by atoms with E-state index in [1.54, 1.807) is 0 Å². The molecule has 3 aliphatic rings. The van der Waals surface area contributed by atoms with E-state index in [1.807, 2.05) is 37.3 Å². The van der Waals surface area contributed by atoms with Gasteiger partial charge in [-0.1, -0.05) is 25.3 Å². The third-order valence-corrected chi connectivity index (χ3v) is 7.34. The first-order valence-electron chi connectivity index (χ1n) is 12.0. The molecule has 3 N–H and O–H groups in total. The van der Waals surface area contributed by atoms with E-state index in [-0.39, 0.29) is 17.7 Å². The fourth-order valence-electron chi connectivity index (χ4n) is 5.44. The number of carbonyl (C=O) groups excluding carboxylic acids is 2. The number of ether oxygens (including phenoxy) is 1. The highest BCUT2D eigenvalue weighted by Crippen LogP contribution is 2.45. The average molecular weight is 450 g/mol. The summed E-state index contributed by atoms with van der Waals surface area (Å²) in [6.07, 6.45) is 6.86. The largest absolute Gasteiger partial charge is 0.381 e. The molecule has 1 unspecified atom stereocenters. The molecule has 2 aliphatic heterocycles. The predicted octanol–water partition coefficient (Wildman–Crippen LogP) is 3.78. The zero-order valence-electron chi connectivity index (χ0n) is 19.0. The van der Waals surface area contributed by atoms with Gasteiger partial charge >= 0.3 is 0 Å². The average Bonchev–Trinajstić information content (AvgIpc) is 3.09. The molecule has 1 spiro atoms. The van der Waals surface area contributed by atoms with Gasteiger partial charge < -0.3 is 20.7 Å². The number of anilines is 3. The van der Waals surface area contributed by atoms with Crippen molar-refractivity contribution in [3.63, 3.8) is 0 Å². The maximum Gasteiger partial charge on any atom is 0.247 e. The lowest BCUT2D eigenvalue weighted by atomic mass is 9.75. The molecule has 3 heterocycles. The molecule has 174 valence electrons. The Balaban J connectivity index is 1.35. The van der Waals surface area contributed by atoms with Gasteiger partial charge in [0.1, 0.15) is 11.9 Å². The molecule has 5 rings (SSSR count). The molecule has 1 saturated carbocycles. The van der Waals surface area contributed by atoms with Crippen molar-refractivity contribution >= 4 is 29.0 Å². The van der Waals surface area contributed by atoms with E-state index >= 15 is 0 Å². The van der Waals surface area contributed by atoms with E-state index in [0.29, 0.717) is 37.6 Å². The number of benzene rings is 1. The fraction of sp³-hybridized carbons (Fsp3) is 0.520. The molecule has 33 heavy (non-hydrogen) atoms. The molecule has 1 atom stereocenters. The number of nitrogens with zero attached hydrogens (tertiary/aromatic N) is 2. The predicted molar refractivity (Wildman–Crippen MR) is 126 cm³/mol. The quantitative estimate of drug-likeness (QED) is 0.642. The van der Waals surface area contributed by atoms with E-state index in [1.165, 1.54) is 6.42 Å². The van der Waals surface area contributed by atoms with Crippen LogP contribution in [0.5, 0.6) is 0 Å². The Morgan fingerprint density at radius 2 is 1.91 bits per heavy atom. The number of aromatic nitrogens is 2. The summed E-state index contributed by atoms with van der Waals surface area (Å²) in [4.78, 5) is 26.2. The van der Waals surface area contributed by atoms with Gasteiger partial charge in [-0.25, -0.2) is 0 Å². The third kappa shape index (κ3) is 4.31. The van der Waals surface area contributed by atoms with Crippen LogP contribution in [0, 0.1) is 12.8 Å². The zero-order valence-corrected chi connectivity index (χ0v) is 19.0. The molecule has 8 nitrogen and oxygen atoms in total. The van der Waals surface area contributed by atoms with Crippen molar-refractivity contribution in [2.75, 3.05) is 29.2 Å². The van der Waals surface area contributed by atoms with Gasteiger partial charge in [-0.2, -0.15) is 5.10 Å². The number of nitrogens with one attached hydrogen (secondary N) is 3. The highest BCUT2D eigenvalue weighted by molar-refractivity contribution is 6.07. The van der Waals surface area contributed by atoms with Crippen molar-refractivity contribution in [1.29, 1.82) is 0 Å². The monoisotopic (exact) mass is 449 g/mol. The third-order valence-electron chi connectivity index (χ3n) is 7.34. The first kappa shape index (κ1) is 21.8. The summed E-state index contributed by atoms with van der Waals surface area (Å²) >= 11 is 0. The summed E-state index contributed by atoms with van der Waals surface area (Å²) in [5.41, 5.74) is 2.80. The lowest BCUT2D eigenvalue weighted by molar-refractivity contribution is -0.124. The van der Waals surface area contributed by atoms with Crippen LogP contribution in [-0.2, 0) is 19.7 Å². The minimum Gasteiger partial charge on any atom is -0.381 e. The van der Waals surface area contributed by atoms with Crippen LogP contribution in [0.15, 0.2) is 30.3 Å². The van der Waals surface area contributed by atoms with Gasteiger partial charge in [0.2, 0.25) is 11.8 Å². The number of rotatable bonds is 5. The van der Waals surface area contributed by atoms with Crippen LogP contribution in [0.2, 0.25) is 0 Å². The number of aryl methyl sites for hydroxylation is 1. The molecule has 1 aromatic heterocycles. The topological polar surface area (TPSA) is 105 Å². The van der Waals surface area contributed by atoms with Gasteiger partial charge in [0.15, 0.2) is 0 Å². The fourth-order valence-corrected chi connectivity index (χ4v) is 5.44. The second-order valence-electron chi connectivity index (χ2n) is 9.48. The Morgan fingerprint density at radius 1 is 1.12 bits per heavy atom. The van der Waals surface area contributed by atoms with Crippen molar-refractivity contribution in [2.24, 2.45) is 5.92 Å². The summed E-state index contributed by atoms with van der Waals surface area (Å²) in [5.74, 6) is 0.786. The van der Waals surface area contributed by atoms with Crippen molar-refractivity contribution in [3.05, 3.63) is 41.6 Å². The van der Waals surface area contributed by atoms with E-state index in [0.717, 1.165) is 42.6 Å². The molecular weight excluding hydrogens is 418 g/mol. The van der Waals surface area contributed by atoms with Gasteiger partial charge in [0.25, 0.3) is 0 Å². The first-order chi connectivity index (χ1) is 16.0. The number of fused-ring (bicyclic) bond motifs is 2. The summed E-state index contributed by atoms with van der Waals surface area (Å²) in [6.45, 7) is 3.06. The van der Waals surface area contributed by atoms with Gasteiger partial charge in [0.05, 0.1) is 11.1 Å². The second-order valence-corrected chi connectivity index (χ2v) is 9.48. The molecule has 8 heteroatoms. The van der Waals surface area contributed by atoms with Gasteiger partial charge in [-0.05, 0) is 68.4 Å². The molecular formula is C25H31N5O3. The Hall–Kier alpha value is -3.00. The zero-order chi connectivity index (χ0) is 22.8. The van der Waals surface area contributed by atoms with Crippen LogP contribution in [0.25, 0.3) is 0 Å². The molecule has 2 amide bonds. The van der Waals surface area contributed by atoms with Gasteiger partial charge in [-0.3, -0.25) is 9.59 Å². The van der Waals surface area contributed by atoms with Crippen molar-refractivity contribution in [3.8, 4) is 0 Å².